The van der Waals surface area contributed by atoms with Gasteiger partial charge in [-0.25, -0.2) is 8.42 Å². The Labute approximate surface area is 166 Å². The Balaban J connectivity index is 1.56. The van der Waals surface area contributed by atoms with Crippen LogP contribution in [0.5, 0.6) is 0 Å². The molecule has 4 rings (SSSR count). The molecule has 1 spiro atoms. The van der Waals surface area contributed by atoms with Crippen LogP contribution >= 0.6 is 11.6 Å². The van der Waals surface area contributed by atoms with Gasteiger partial charge in [-0.2, -0.15) is 4.31 Å². The van der Waals surface area contributed by atoms with Crippen LogP contribution in [0.15, 0.2) is 59.5 Å². The SMILES string of the molecule is O=S(=O)(c1ccccc1)N1CCCC2(CCCN2Cc2ccc(Cl)cc2)C1. The number of halogens is 1. The van der Waals surface area contributed by atoms with E-state index in [1.165, 1.54) is 5.56 Å². The summed E-state index contributed by atoms with van der Waals surface area (Å²) in [6.07, 6.45) is 4.14. The molecule has 2 aromatic rings. The van der Waals surface area contributed by atoms with Gasteiger partial charge in [-0.3, -0.25) is 4.90 Å². The maximum absolute atomic E-state index is 13.1. The maximum atomic E-state index is 13.1. The van der Waals surface area contributed by atoms with Crippen molar-refractivity contribution in [3.63, 3.8) is 0 Å². The standard InChI is InChI=1S/C21H25ClN2O2S/c22-19-10-8-18(9-11-19)16-23-14-4-12-21(23)13-5-15-24(17-21)27(25,26)20-6-2-1-3-7-20/h1-3,6-11H,4-5,12-17H2. The van der Waals surface area contributed by atoms with E-state index in [1.807, 2.05) is 18.2 Å². The van der Waals surface area contributed by atoms with Gasteiger partial charge in [0.05, 0.1) is 4.90 Å². The summed E-state index contributed by atoms with van der Waals surface area (Å²) >= 11 is 6.01. The zero-order chi connectivity index (χ0) is 18.9. The number of hydrogen-bond donors (Lipinski definition) is 0. The highest BCUT2D eigenvalue weighted by atomic mass is 35.5. The molecule has 2 aromatic carbocycles. The van der Waals surface area contributed by atoms with E-state index in [0.717, 1.165) is 43.8 Å². The van der Waals surface area contributed by atoms with Crippen molar-refractivity contribution in [1.29, 1.82) is 0 Å². The van der Waals surface area contributed by atoms with E-state index in [4.69, 9.17) is 11.6 Å². The number of sulfonamides is 1. The Morgan fingerprint density at radius 3 is 2.30 bits per heavy atom. The molecule has 2 fully saturated rings. The number of rotatable bonds is 4. The molecule has 2 aliphatic heterocycles. The molecule has 27 heavy (non-hydrogen) atoms. The molecule has 0 aromatic heterocycles. The topological polar surface area (TPSA) is 40.6 Å². The van der Waals surface area contributed by atoms with E-state index in [9.17, 15) is 8.42 Å². The molecule has 2 saturated heterocycles. The third-order valence-electron chi connectivity index (χ3n) is 5.93. The Kier molecular flexibility index (Phi) is 5.30. The molecule has 0 aliphatic carbocycles. The van der Waals surface area contributed by atoms with E-state index in [2.05, 4.69) is 17.0 Å². The first-order valence-corrected chi connectivity index (χ1v) is 11.4. The van der Waals surface area contributed by atoms with Crippen molar-refractivity contribution in [2.24, 2.45) is 0 Å². The molecule has 1 atom stereocenters. The minimum absolute atomic E-state index is 0.0558. The van der Waals surface area contributed by atoms with E-state index in [0.29, 0.717) is 18.0 Å². The average Bonchev–Trinajstić information content (AvgIpc) is 3.05. The van der Waals surface area contributed by atoms with Crippen LogP contribution in [0.1, 0.15) is 31.2 Å². The first-order chi connectivity index (χ1) is 13.0. The van der Waals surface area contributed by atoms with Gasteiger partial charge in [0.15, 0.2) is 0 Å². The highest BCUT2D eigenvalue weighted by molar-refractivity contribution is 7.89. The Bertz CT molecular complexity index is 886. The zero-order valence-electron chi connectivity index (χ0n) is 15.4. The number of benzene rings is 2. The molecule has 2 aliphatic rings. The van der Waals surface area contributed by atoms with E-state index >= 15 is 0 Å². The lowest BCUT2D eigenvalue weighted by molar-refractivity contribution is 0.0679. The number of nitrogens with zero attached hydrogens (tertiary/aromatic N) is 2. The van der Waals surface area contributed by atoms with E-state index < -0.39 is 10.0 Å². The molecule has 1 unspecified atom stereocenters. The maximum Gasteiger partial charge on any atom is 0.243 e. The summed E-state index contributed by atoms with van der Waals surface area (Å²) in [5, 5.41) is 0.743. The van der Waals surface area contributed by atoms with Crippen LogP contribution in [-0.2, 0) is 16.6 Å². The Morgan fingerprint density at radius 1 is 0.926 bits per heavy atom. The molecule has 0 radical (unpaired) electrons. The van der Waals surface area contributed by atoms with Gasteiger partial charge in [0.25, 0.3) is 0 Å². The van der Waals surface area contributed by atoms with Gasteiger partial charge < -0.3 is 0 Å². The monoisotopic (exact) mass is 404 g/mol. The third kappa shape index (κ3) is 3.79. The van der Waals surface area contributed by atoms with Crippen molar-refractivity contribution in [3.05, 3.63) is 65.2 Å². The average molecular weight is 405 g/mol. The summed E-state index contributed by atoms with van der Waals surface area (Å²) in [7, 11) is -3.44. The second-order valence-corrected chi connectivity index (χ2v) is 10.0. The fourth-order valence-electron chi connectivity index (χ4n) is 4.53. The van der Waals surface area contributed by atoms with Gasteiger partial charge in [0, 0.05) is 30.2 Å². The number of piperidine rings is 1. The van der Waals surface area contributed by atoms with E-state index in [1.54, 1.807) is 28.6 Å². The smallest absolute Gasteiger partial charge is 0.243 e. The van der Waals surface area contributed by atoms with Gasteiger partial charge in [-0.1, -0.05) is 41.9 Å². The lowest BCUT2D eigenvalue weighted by Gasteiger charge is -2.45. The largest absolute Gasteiger partial charge is 0.292 e. The van der Waals surface area contributed by atoms with Crippen LogP contribution in [0.2, 0.25) is 5.02 Å². The quantitative estimate of drug-likeness (QED) is 0.768. The molecule has 2 heterocycles. The molecular weight excluding hydrogens is 380 g/mol. The molecular formula is C21H25ClN2O2S. The first kappa shape index (κ1) is 18.9. The first-order valence-electron chi connectivity index (χ1n) is 9.54. The minimum atomic E-state index is -3.44. The van der Waals surface area contributed by atoms with Gasteiger partial charge in [0.1, 0.15) is 0 Å². The van der Waals surface area contributed by atoms with Crippen molar-refractivity contribution in [1.82, 2.24) is 9.21 Å². The fraction of sp³-hybridized carbons (Fsp3) is 0.429. The summed E-state index contributed by atoms with van der Waals surface area (Å²) in [4.78, 5) is 2.88. The normalized spacial score (nSPS) is 24.5. The van der Waals surface area contributed by atoms with Crippen LogP contribution in [0, 0.1) is 0 Å². The second-order valence-electron chi connectivity index (χ2n) is 7.63. The van der Waals surface area contributed by atoms with Crippen molar-refractivity contribution in [2.75, 3.05) is 19.6 Å². The van der Waals surface area contributed by atoms with Gasteiger partial charge >= 0.3 is 0 Å². The lowest BCUT2D eigenvalue weighted by atomic mass is 9.87. The summed E-state index contributed by atoms with van der Waals surface area (Å²) in [5.74, 6) is 0. The van der Waals surface area contributed by atoms with Gasteiger partial charge in [0.2, 0.25) is 10.0 Å². The van der Waals surface area contributed by atoms with Gasteiger partial charge in [-0.15, -0.1) is 0 Å². The lowest BCUT2D eigenvalue weighted by Crippen LogP contribution is -2.56. The summed E-state index contributed by atoms with van der Waals surface area (Å²) in [6, 6.07) is 16.8. The van der Waals surface area contributed by atoms with Crippen LogP contribution < -0.4 is 0 Å². The van der Waals surface area contributed by atoms with Crippen molar-refractivity contribution in [2.45, 2.75) is 42.7 Å². The molecule has 6 heteroatoms. The fourth-order valence-corrected chi connectivity index (χ4v) is 6.24. The second kappa shape index (κ2) is 7.55. The van der Waals surface area contributed by atoms with E-state index in [-0.39, 0.29) is 5.54 Å². The predicted octanol–water partition coefficient (Wildman–Crippen LogP) is 4.16. The highest BCUT2D eigenvalue weighted by Crippen LogP contribution is 2.39. The van der Waals surface area contributed by atoms with Crippen LogP contribution in [-0.4, -0.2) is 42.8 Å². The number of likely N-dealkylation sites (tertiary alicyclic amines) is 1. The van der Waals surface area contributed by atoms with Crippen molar-refractivity contribution >= 4 is 21.6 Å². The Morgan fingerprint density at radius 2 is 1.59 bits per heavy atom. The molecule has 0 amide bonds. The van der Waals surface area contributed by atoms with Crippen molar-refractivity contribution < 1.29 is 8.42 Å². The third-order valence-corrected chi connectivity index (χ3v) is 8.04. The number of hydrogen-bond acceptors (Lipinski definition) is 3. The summed E-state index contributed by atoms with van der Waals surface area (Å²) < 4.78 is 27.9. The highest BCUT2D eigenvalue weighted by Gasteiger charge is 2.46. The summed E-state index contributed by atoms with van der Waals surface area (Å²) in [6.45, 7) is 3.05. The van der Waals surface area contributed by atoms with Gasteiger partial charge in [-0.05, 0) is 62.1 Å². The predicted molar refractivity (Wildman–Crippen MR) is 108 cm³/mol. The van der Waals surface area contributed by atoms with Crippen LogP contribution in [0.3, 0.4) is 0 Å². The van der Waals surface area contributed by atoms with Crippen LogP contribution in [0.25, 0.3) is 0 Å². The molecule has 4 nitrogen and oxygen atoms in total. The summed E-state index contributed by atoms with van der Waals surface area (Å²) in [5.41, 5.74) is 1.17. The van der Waals surface area contributed by atoms with Crippen LogP contribution in [0.4, 0.5) is 0 Å². The Hall–Kier alpha value is -1.40. The molecule has 0 N–H and O–H groups in total. The minimum Gasteiger partial charge on any atom is -0.292 e. The molecule has 0 bridgehead atoms. The molecule has 144 valence electrons. The molecule has 0 saturated carbocycles. The zero-order valence-corrected chi connectivity index (χ0v) is 16.9. The van der Waals surface area contributed by atoms with Crippen molar-refractivity contribution in [3.8, 4) is 0 Å².